The van der Waals surface area contributed by atoms with Gasteiger partial charge in [-0.05, 0) is 47.6 Å². The fourth-order valence-corrected chi connectivity index (χ4v) is 3.55. The maximum Gasteiger partial charge on any atom is 0.419 e. The van der Waals surface area contributed by atoms with Gasteiger partial charge in [-0.1, -0.05) is 0 Å². The standard InChI is InChI=1S/C23H30N4O7/c1-22(2,3)33-20(29)25-11-9-24(10-12-25)19(28)17-14-26(21(30)34-23(4,5)6)18-13-15(27(31)32)7-8-16(17)18/h7-8,13-14H,9-12H2,1-6H3. The number of nitrogens with zero attached hydrogens (tertiary/aromatic N) is 4. The lowest BCUT2D eigenvalue weighted by molar-refractivity contribution is -0.384. The molecule has 0 bridgehead atoms. The molecular weight excluding hydrogens is 444 g/mol. The number of carbonyl (C=O) groups is 3. The fraction of sp³-hybridized carbons (Fsp3) is 0.522. The van der Waals surface area contributed by atoms with E-state index in [0.29, 0.717) is 18.5 Å². The van der Waals surface area contributed by atoms with Crippen molar-refractivity contribution >= 4 is 34.7 Å². The molecule has 0 unspecified atom stereocenters. The highest BCUT2D eigenvalue weighted by Gasteiger charge is 2.31. The predicted molar refractivity (Wildman–Crippen MR) is 124 cm³/mol. The lowest BCUT2D eigenvalue weighted by atomic mass is 10.1. The van der Waals surface area contributed by atoms with Crippen LogP contribution in [-0.2, 0) is 9.47 Å². The number of benzene rings is 1. The van der Waals surface area contributed by atoms with Crippen LogP contribution < -0.4 is 0 Å². The van der Waals surface area contributed by atoms with Gasteiger partial charge in [0.05, 0.1) is 16.0 Å². The van der Waals surface area contributed by atoms with E-state index >= 15 is 0 Å². The first-order valence-electron chi connectivity index (χ1n) is 11.0. The molecule has 0 atom stereocenters. The number of fused-ring (bicyclic) bond motifs is 1. The van der Waals surface area contributed by atoms with E-state index in [9.17, 15) is 24.5 Å². The maximum absolute atomic E-state index is 13.4. The molecule has 0 radical (unpaired) electrons. The third kappa shape index (κ3) is 5.64. The molecule has 34 heavy (non-hydrogen) atoms. The SMILES string of the molecule is CC(C)(C)OC(=O)N1CCN(C(=O)c2cn(C(=O)OC(C)(C)C)c3cc([N+](=O)[O-])ccc23)CC1. The third-order valence-electron chi connectivity index (χ3n) is 5.04. The van der Waals surface area contributed by atoms with Crippen LogP contribution in [0.3, 0.4) is 0 Å². The van der Waals surface area contributed by atoms with E-state index < -0.39 is 28.3 Å². The van der Waals surface area contributed by atoms with Crippen molar-refractivity contribution in [1.29, 1.82) is 0 Å². The van der Waals surface area contributed by atoms with Gasteiger partial charge in [0, 0.05) is 49.9 Å². The fourth-order valence-electron chi connectivity index (χ4n) is 3.55. The summed E-state index contributed by atoms with van der Waals surface area (Å²) in [5.41, 5.74) is -1.19. The number of ether oxygens (including phenoxy) is 2. The molecule has 1 aliphatic heterocycles. The Labute approximate surface area is 197 Å². The number of carbonyl (C=O) groups excluding carboxylic acids is 3. The third-order valence-corrected chi connectivity index (χ3v) is 5.04. The minimum atomic E-state index is -0.795. The van der Waals surface area contributed by atoms with Gasteiger partial charge < -0.3 is 19.3 Å². The van der Waals surface area contributed by atoms with Crippen molar-refractivity contribution in [2.45, 2.75) is 52.7 Å². The monoisotopic (exact) mass is 474 g/mol. The van der Waals surface area contributed by atoms with Crippen molar-refractivity contribution in [3.63, 3.8) is 0 Å². The van der Waals surface area contributed by atoms with Crippen molar-refractivity contribution < 1.29 is 28.8 Å². The van der Waals surface area contributed by atoms with E-state index in [0.717, 1.165) is 4.57 Å². The Morgan fingerprint density at radius 2 is 1.41 bits per heavy atom. The lowest BCUT2D eigenvalue weighted by Gasteiger charge is -2.35. The van der Waals surface area contributed by atoms with Gasteiger partial charge in [-0.15, -0.1) is 0 Å². The maximum atomic E-state index is 13.4. The van der Waals surface area contributed by atoms with Crippen LogP contribution in [0.4, 0.5) is 15.3 Å². The van der Waals surface area contributed by atoms with Crippen LogP contribution >= 0.6 is 0 Å². The highest BCUT2D eigenvalue weighted by atomic mass is 16.6. The van der Waals surface area contributed by atoms with Gasteiger partial charge in [-0.25, -0.2) is 9.59 Å². The first kappa shape index (κ1) is 25.0. The Balaban J connectivity index is 1.88. The number of hydrogen-bond donors (Lipinski definition) is 0. The largest absolute Gasteiger partial charge is 0.444 e. The molecule has 1 aromatic carbocycles. The van der Waals surface area contributed by atoms with E-state index in [1.807, 2.05) is 0 Å². The van der Waals surface area contributed by atoms with Gasteiger partial charge in [0.15, 0.2) is 0 Å². The summed E-state index contributed by atoms with van der Waals surface area (Å²) in [7, 11) is 0. The first-order valence-corrected chi connectivity index (χ1v) is 11.0. The molecule has 11 nitrogen and oxygen atoms in total. The minimum absolute atomic E-state index is 0.208. The second-order valence-electron chi connectivity index (χ2n) is 10.1. The number of hydrogen-bond acceptors (Lipinski definition) is 7. The van der Waals surface area contributed by atoms with Crippen LogP contribution in [0.25, 0.3) is 10.9 Å². The summed E-state index contributed by atoms with van der Waals surface area (Å²) < 4.78 is 11.9. The zero-order valence-corrected chi connectivity index (χ0v) is 20.3. The number of non-ortho nitro benzene ring substituents is 1. The van der Waals surface area contributed by atoms with Crippen LogP contribution in [0.2, 0.25) is 0 Å². The average molecular weight is 475 g/mol. The van der Waals surface area contributed by atoms with Gasteiger partial charge in [0.25, 0.3) is 11.6 Å². The molecule has 11 heteroatoms. The Morgan fingerprint density at radius 3 is 1.94 bits per heavy atom. The molecule has 2 aromatic rings. The second kappa shape index (κ2) is 8.96. The van der Waals surface area contributed by atoms with Crippen molar-refractivity contribution in [2.75, 3.05) is 26.2 Å². The molecule has 1 saturated heterocycles. The molecule has 0 saturated carbocycles. The average Bonchev–Trinajstić information content (AvgIpc) is 3.10. The number of nitro groups is 1. The molecule has 184 valence electrons. The van der Waals surface area contributed by atoms with Crippen LogP contribution in [-0.4, -0.2) is 74.8 Å². The van der Waals surface area contributed by atoms with Crippen molar-refractivity contribution in [3.8, 4) is 0 Å². The van der Waals surface area contributed by atoms with Crippen LogP contribution in [0, 0.1) is 10.1 Å². The Bertz CT molecular complexity index is 1130. The van der Waals surface area contributed by atoms with Crippen molar-refractivity contribution in [2.24, 2.45) is 0 Å². The zero-order valence-electron chi connectivity index (χ0n) is 20.3. The van der Waals surface area contributed by atoms with E-state index in [-0.39, 0.29) is 35.8 Å². The summed E-state index contributed by atoms with van der Waals surface area (Å²) in [5, 5.41) is 11.7. The molecule has 2 heterocycles. The molecule has 1 aromatic heterocycles. The Morgan fingerprint density at radius 1 is 0.882 bits per heavy atom. The minimum Gasteiger partial charge on any atom is -0.444 e. The molecule has 1 aliphatic rings. The van der Waals surface area contributed by atoms with E-state index in [2.05, 4.69) is 0 Å². The number of rotatable bonds is 2. The van der Waals surface area contributed by atoms with Gasteiger partial charge in [-0.2, -0.15) is 0 Å². The molecule has 0 spiro atoms. The summed E-state index contributed by atoms with van der Waals surface area (Å²) in [6.45, 7) is 11.6. The van der Waals surface area contributed by atoms with E-state index in [1.165, 1.54) is 24.4 Å². The van der Waals surface area contributed by atoms with Crippen molar-refractivity contribution in [1.82, 2.24) is 14.4 Å². The highest BCUT2D eigenvalue weighted by molar-refractivity contribution is 6.09. The van der Waals surface area contributed by atoms with Gasteiger partial charge in [0.1, 0.15) is 11.2 Å². The molecule has 0 aliphatic carbocycles. The summed E-state index contributed by atoms with van der Waals surface area (Å²) in [4.78, 5) is 52.3. The van der Waals surface area contributed by atoms with Gasteiger partial charge in [-0.3, -0.25) is 19.5 Å². The highest BCUT2D eigenvalue weighted by Crippen LogP contribution is 2.28. The Kier molecular flexibility index (Phi) is 6.59. The Hall–Kier alpha value is -3.63. The quantitative estimate of drug-likeness (QED) is 0.475. The van der Waals surface area contributed by atoms with E-state index in [4.69, 9.17) is 9.47 Å². The normalized spacial score (nSPS) is 14.8. The van der Waals surface area contributed by atoms with Gasteiger partial charge >= 0.3 is 12.2 Å². The zero-order chi connectivity index (χ0) is 25.4. The molecule has 2 amide bonds. The van der Waals surface area contributed by atoms with Crippen LogP contribution in [0.5, 0.6) is 0 Å². The number of piperazine rings is 1. The van der Waals surface area contributed by atoms with Crippen LogP contribution in [0.1, 0.15) is 51.9 Å². The van der Waals surface area contributed by atoms with Gasteiger partial charge in [0.2, 0.25) is 0 Å². The number of nitro benzene ring substituents is 1. The predicted octanol–water partition coefficient (Wildman–Crippen LogP) is 4.03. The van der Waals surface area contributed by atoms with E-state index in [1.54, 1.807) is 51.3 Å². The number of aromatic nitrogens is 1. The molecular formula is C23H30N4O7. The summed E-state index contributed by atoms with van der Waals surface area (Å²) in [6.07, 6.45) is 0.172. The smallest absolute Gasteiger partial charge is 0.419 e. The second-order valence-corrected chi connectivity index (χ2v) is 10.1. The summed E-state index contributed by atoms with van der Waals surface area (Å²) >= 11 is 0. The number of amides is 2. The van der Waals surface area contributed by atoms with Crippen LogP contribution in [0.15, 0.2) is 24.4 Å². The van der Waals surface area contributed by atoms with Crippen molar-refractivity contribution in [3.05, 3.63) is 40.1 Å². The topological polar surface area (TPSA) is 124 Å². The first-order chi connectivity index (χ1) is 15.7. The summed E-state index contributed by atoms with van der Waals surface area (Å²) in [6, 6.07) is 3.99. The molecule has 1 fully saturated rings. The lowest BCUT2D eigenvalue weighted by Crippen LogP contribution is -2.51. The summed E-state index contributed by atoms with van der Waals surface area (Å²) in [5.74, 6) is -0.343. The molecule has 0 N–H and O–H groups in total. The molecule has 3 rings (SSSR count).